The van der Waals surface area contributed by atoms with Gasteiger partial charge >= 0.3 is 0 Å². The molecule has 2 rings (SSSR count). The molecule has 120 valence electrons. The van der Waals surface area contributed by atoms with E-state index in [-0.39, 0.29) is 10.8 Å². The second-order valence-corrected chi connectivity index (χ2v) is 7.67. The Bertz CT molecular complexity index is 738. The van der Waals surface area contributed by atoms with Crippen molar-refractivity contribution in [2.45, 2.75) is 31.1 Å². The maximum absolute atomic E-state index is 12.3. The van der Waals surface area contributed by atoms with Crippen molar-refractivity contribution in [2.24, 2.45) is 0 Å². The van der Waals surface area contributed by atoms with Gasteiger partial charge in [0.15, 0.2) is 0 Å². The van der Waals surface area contributed by atoms with Gasteiger partial charge in [0, 0.05) is 16.1 Å². The van der Waals surface area contributed by atoms with E-state index < -0.39 is 10.0 Å². The molecule has 0 aliphatic rings. The zero-order chi connectivity index (χ0) is 16.2. The second kappa shape index (κ2) is 7.13. The Morgan fingerprint density at radius 1 is 1.23 bits per heavy atom. The Hall–Kier alpha value is -1.57. The van der Waals surface area contributed by atoms with Gasteiger partial charge in [-0.2, -0.15) is 0 Å². The van der Waals surface area contributed by atoms with Gasteiger partial charge in [-0.3, -0.25) is 4.72 Å². The number of benzene rings is 1. The van der Waals surface area contributed by atoms with Gasteiger partial charge in [0.1, 0.15) is 9.96 Å². The molecule has 0 saturated heterocycles. The van der Waals surface area contributed by atoms with E-state index in [1.165, 1.54) is 11.3 Å². The number of thiophene rings is 1. The van der Waals surface area contributed by atoms with Crippen molar-refractivity contribution in [1.29, 1.82) is 0 Å². The summed E-state index contributed by atoms with van der Waals surface area (Å²) in [6, 6.07) is 8.27. The highest BCUT2D eigenvalue weighted by atomic mass is 32.2. The molecule has 1 aromatic carbocycles. The van der Waals surface area contributed by atoms with Crippen molar-refractivity contribution in [3.63, 3.8) is 0 Å². The van der Waals surface area contributed by atoms with Gasteiger partial charge in [-0.05, 0) is 43.7 Å². The normalized spacial score (nSPS) is 11.4. The summed E-state index contributed by atoms with van der Waals surface area (Å²) < 4.78 is 32.9. The third-order valence-electron chi connectivity index (χ3n) is 3.03. The molecule has 22 heavy (non-hydrogen) atoms. The highest BCUT2D eigenvalue weighted by Crippen LogP contribution is 2.27. The van der Waals surface area contributed by atoms with Crippen LogP contribution in [0.4, 0.5) is 5.69 Å². The maximum Gasteiger partial charge on any atom is 0.271 e. The number of sulfonamides is 1. The van der Waals surface area contributed by atoms with E-state index in [0.717, 1.165) is 11.3 Å². The van der Waals surface area contributed by atoms with Crippen LogP contribution in [0.3, 0.4) is 0 Å². The minimum Gasteiger partial charge on any atom is -0.494 e. The summed E-state index contributed by atoms with van der Waals surface area (Å²) in [7, 11) is -3.61. The molecule has 2 aromatic rings. The van der Waals surface area contributed by atoms with Gasteiger partial charge in [-0.25, -0.2) is 8.42 Å². The summed E-state index contributed by atoms with van der Waals surface area (Å²) >= 11 is 1.26. The van der Waals surface area contributed by atoms with Crippen molar-refractivity contribution >= 4 is 27.0 Å². The first-order chi connectivity index (χ1) is 10.5. The first-order valence-electron chi connectivity index (χ1n) is 6.98. The van der Waals surface area contributed by atoms with E-state index in [2.05, 4.69) is 4.72 Å². The summed E-state index contributed by atoms with van der Waals surface area (Å²) in [6.07, 6.45) is 0.803. The average Bonchev–Trinajstić information content (AvgIpc) is 2.98. The monoisotopic (exact) mass is 341 g/mol. The molecule has 7 heteroatoms. The van der Waals surface area contributed by atoms with E-state index in [1.54, 1.807) is 24.3 Å². The Labute approximate surface area is 134 Å². The van der Waals surface area contributed by atoms with E-state index in [4.69, 9.17) is 4.74 Å². The summed E-state index contributed by atoms with van der Waals surface area (Å²) in [5.41, 5.74) is 0.946. The zero-order valence-electron chi connectivity index (χ0n) is 12.5. The number of aliphatic hydroxyl groups is 1. The fourth-order valence-electron chi connectivity index (χ4n) is 1.96. The number of aryl methyl sites for hydroxylation is 1. The summed E-state index contributed by atoms with van der Waals surface area (Å²) in [4.78, 5) is 1.02. The van der Waals surface area contributed by atoms with Crippen LogP contribution in [0, 0.1) is 0 Å². The van der Waals surface area contributed by atoms with Crippen molar-refractivity contribution in [3.05, 3.63) is 40.8 Å². The molecule has 0 fully saturated rings. The summed E-state index contributed by atoms with van der Waals surface area (Å²) in [5.74, 6) is 0.553. The van der Waals surface area contributed by atoms with Gasteiger partial charge in [-0.15, -0.1) is 11.3 Å². The van der Waals surface area contributed by atoms with Gasteiger partial charge in [-0.1, -0.05) is 6.92 Å². The Kier molecular flexibility index (Phi) is 5.44. The van der Waals surface area contributed by atoms with Crippen LogP contribution in [0.15, 0.2) is 34.5 Å². The molecule has 2 N–H and O–H groups in total. The topological polar surface area (TPSA) is 75.6 Å². The fraction of sp³-hybridized carbons (Fsp3) is 0.333. The second-order valence-electron chi connectivity index (χ2n) is 4.59. The molecular weight excluding hydrogens is 322 g/mol. The molecule has 1 heterocycles. The molecule has 0 radical (unpaired) electrons. The highest BCUT2D eigenvalue weighted by molar-refractivity contribution is 7.94. The van der Waals surface area contributed by atoms with Crippen LogP contribution < -0.4 is 9.46 Å². The molecule has 0 saturated carbocycles. The van der Waals surface area contributed by atoms with Crippen LogP contribution in [0.5, 0.6) is 5.75 Å². The molecule has 0 amide bonds. The third-order valence-corrected chi connectivity index (χ3v) is 6.14. The third kappa shape index (κ3) is 3.79. The zero-order valence-corrected chi connectivity index (χ0v) is 14.1. The van der Waals surface area contributed by atoms with Gasteiger partial charge in [0.25, 0.3) is 10.0 Å². The van der Waals surface area contributed by atoms with E-state index in [0.29, 0.717) is 23.6 Å². The molecular formula is C15H19NO4S2. The number of rotatable bonds is 7. The van der Waals surface area contributed by atoms with E-state index in [9.17, 15) is 13.5 Å². The SMILES string of the molecule is CCOc1ccc(NS(=O)(=O)c2ccc(CC)s2)cc1CO. The number of nitrogens with one attached hydrogen (secondary N) is 1. The minimum atomic E-state index is -3.61. The quantitative estimate of drug-likeness (QED) is 0.812. The van der Waals surface area contributed by atoms with Crippen LogP contribution in [0.25, 0.3) is 0 Å². The van der Waals surface area contributed by atoms with E-state index >= 15 is 0 Å². The lowest BCUT2D eigenvalue weighted by molar-refractivity contribution is 0.267. The number of ether oxygens (including phenoxy) is 1. The molecule has 0 bridgehead atoms. The fourth-order valence-corrected chi connectivity index (χ4v) is 4.31. The molecule has 5 nitrogen and oxygen atoms in total. The van der Waals surface area contributed by atoms with Gasteiger partial charge in [0.2, 0.25) is 0 Å². The molecule has 0 atom stereocenters. The summed E-state index contributed by atoms with van der Waals surface area (Å²) in [5, 5.41) is 9.36. The largest absolute Gasteiger partial charge is 0.494 e. The van der Waals surface area contributed by atoms with Crippen LogP contribution in [-0.4, -0.2) is 20.1 Å². The van der Waals surface area contributed by atoms with Crippen LogP contribution in [-0.2, 0) is 23.1 Å². The first-order valence-corrected chi connectivity index (χ1v) is 9.28. The Morgan fingerprint density at radius 2 is 2.00 bits per heavy atom. The van der Waals surface area contributed by atoms with Gasteiger partial charge < -0.3 is 9.84 Å². The number of anilines is 1. The summed E-state index contributed by atoms with van der Waals surface area (Å²) in [6.45, 7) is 4.09. The van der Waals surface area contributed by atoms with Crippen LogP contribution >= 0.6 is 11.3 Å². The lowest BCUT2D eigenvalue weighted by atomic mass is 10.2. The van der Waals surface area contributed by atoms with Crippen molar-refractivity contribution in [3.8, 4) is 5.75 Å². The number of aliphatic hydroxyl groups excluding tert-OH is 1. The average molecular weight is 341 g/mol. The lowest BCUT2D eigenvalue weighted by Crippen LogP contribution is -2.11. The van der Waals surface area contributed by atoms with Crippen molar-refractivity contribution < 1.29 is 18.3 Å². The Morgan fingerprint density at radius 3 is 2.59 bits per heavy atom. The molecule has 0 aliphatic carbocycles. The Balaban J connectivity index is 2.25. The molecule has 0 unspecified atom stereocenters. The smallest absolute Gasteiger partial charge is 0.271 e. The number of hydrogen-bond acceptors (Lipinski definition) is 5. The van der Waals surface area contributed by atoms with Gasteiger partial charge in [0.05, 0.1) is 13.2 Å². The van der Waals surface area contributed by atoms with Crippen molar-refractivity contribution in [1.82, 2.24) is 0 Å². The first kappa shape index (κ1) is 16.8. The van der Waals surface area contributed by atoms with Crippen LogP contribution in [0.1, 0.15) is 24.3 Å². The van der Waals surface area contributed by atoms with E-state index in [1.807, 2.05) is 19.9 Å². The predicted molar refractivity (Wildman–Crippen MR) is 88.0 cm³/mol. The molecule has 0 aliphatic heterocycles. The highest BCUT2D eigenvalue weighted by Gasteiger charge is 2.17. The maximum atomic E-state index is 12.3. The molecule has 0 spiro atoms. The standard InChI is InChI=1S/C15H19NO4S2/c1-3-13-6-8-15(21-13)22(18,19)16-12-5-7-14(20-4-2)11(9-12)10-17/h5-9,16-17H,3-4,10H2,1-2H3. The lowest BCUT2D eigenvalue weighted by Gasteiger charge is -2.11. The minimum absolute atomic E-state index is 0.218. The van der Waals surface area contributed by atoms with Crippen molar-refractivity contribution in [2.75, 3.05) is 11.3 Å². The number of hydrogen-bond donors (Lipinski definition) is 2. The molecule has 1 aromatic heterocycles. The van der Waals surface area contributed by atoms with Crippen LogP contribution in [0.2, 0.25) is 0 Å². The predicted octanol–water partition coefficient (Wildman–Crippen LogP) is 3.00.